The quantitative estimate of drug-likeness (QED) is 0.515. The highest BCUT2D eigenvalue weighted by Gasteiger charge is 2.49. The topological polar surface area (TPSA) is 103 Å². The number of esters is 1. The number of fused-ring (bicyclic) bond motifs is 1. The predicted molar refractivity (Wildman–Crippen MR) is 126 cm³/mol. The van der Waals surface area contributed by atoms with Crippen molar-refractivity contribution < 1.29 is 23.9 Å². The molecular weight excluding hydrogens is 436 g/mol. The second-order valence-electron chi connectivity index (χ2n) is 9.07. The lowest BCUT2D eigenvalue weighted by atomic mass is 9.93. The lowest BCUT2D eigenvalue weighted by molar-refractivity contribution is -0.127. The van der Waals surface area contributed by atoms with E-state index in [-0.39, 0.29) is 29.9 Å². The number of rotatable bonds is 6. The summed E-state index contributed by atoms with van der Waals surface area (Å²) in [6, 6.07) is 8.59. The van der Waals surface area contributed by atoms with Gasteiger partial charge in [-0.15, -0.1) is 0 Å². The van der Waals surface area contributed by atoms with Crippen LogP contribution in [0, 0.1) is 0 Å². The summed E-state index contributed by atoms with van der Waals surface area (Å²) in [5, 5.41) is 7.48. The zero-order valence-corrected chi connectivity index (χ0v) is 20.0. The number of nitrogens with one attached hydrogen (secondary N) is 1. The first-order valence-corrected chi connectivity index (χ1v) is 11.9. The summed E-state index contributed by atoms with van der Waals surface area (Å²) in [7, 11) is 1.26. The van der Waals surface area contributed by atoms with Crippen LogP contribution in [0.2, 0.25) is 0 Å². The summed E-state index contributed by atoms with van der Waals surface area (Å²) in [4.78, 5) is 41.0. The van der Waals surface area contributed by atoms with Crippen molar-refractivity contribution in [3.8, 4) is 5.75 Å². The smallest absolute Gasteiger partial charge is 0.358 e. The van der Waals surface area contributed by atoms with Crippen LogP contribution in [0.15, 0.2) is 30.3 Å². The molecular formula is C25H32N4O5. The van der Waals surface area contributed by atoms with Gasteiger partial charge in [0.15, 0.2) is 5.69 Å². The summed E-state index contributed by atoms with van der Waals surface area (Å²) in [6.07, 6.45) is 6.36. The van der Waals surface area contributed by atoms with Gasteiger partial charge in [0, 0.05) is 17.8 Å². The number of benzene rings is 1. The van der Waals surface area contributed by atoms with Crippen molar-refractivity contribution in [2.75, 3.05) is 18.6 Å². The molecule has 2 amide bonds. The maximum absolute atomic E-state index is 13.7. The molecule has 1 fully saturated rings. The van der Waals surface area contributed by atoms with Gasteiger partial charge >= 0.3 is 5.97 Å². The number of amides is 2. The first-order valence-electron chi connectivity index (χ1n) is 11.9. The second-order valence-corrected chi connectivity index (χ2v) is 9.07. The third-order valence-corrected chi connectivity index (χ3v) is 6.63. The van der Waals surface area contributed by atoms with Crippen molar-refractivity contribution in [1.29, 1.82) is 0 Å². The zero-order chi connectivity index (χ0) is 24.3. The molecule has 0 bridgehead atoms. The van der Waals surface area contributed by atoms with E-state index in [9.17, 15) is 14.4 Å². The maximum atomic E-state index is 13.7. The average Bonchev–Trinajstić information content (AvgIpc) is 3.08. The monoisotopic (exact) mass is 468 g/mol. The number of nitrogens with zero attached hydrogens (tertiary/aromatic N) is 3. The minimum absolute atomic E-state index is 0.0333. The van der Waals surface area contributed by atoms with E-state index in [1.807, 2.05) is 6.92 Å². The Morgan fingerprint density at radius 3 is 2.44 bits per heavy atom. The average molecular weight is 469 g/mol. The van der Waals surface area contributed by atoms with Crippen molar-refractivity contribution >= 4 is 23.5 Å². The van der Waals surface area contributed by atoms with E-state index in [0.717, 1.165) is 25.7 Å². The molecule has 1 saturated carbocycles. The second kappa shape index (κ2) is 9.87. The fourth-order valence-electron chi connectivity index (χ4n) is 4.81. The van der Waals surface area contributed by atoms with Crippen molar-refractivity contribution in [2.45, 2.75) is 70.5 Å². The molecule has 1 aliphatic heterocycles. The molecule has 9 heteroatoms. The predicted octanol–water partition coefficient (Wildman–Crippen LogP) is 3.33. The van der Waals surface area contributed by atoms with Crippen LogP contribution < -0.4 is 15.0 Å². The number of hydrogen-bond acceptors (Lipinski definition) is 6. The fourth-order valence-corrected chi connectivity index (χ4v) is 4.81. The Labute approximate surface area is 199 Å². The highest BCUT2D eigenvalue weighted by atomic mass is 16.5. The number of carbonyl (C=O) groups excluding carboxylic acids is 3. The number of anilines is 1. The van der Waals surface area contributed by atoms with E-state index in [2.05, 4.69) is 10.4 Å². The van der Waals surface area contributed by atoms with Gasteiger partial charge in [-0.1, -0.05) is 25.7 Å². The van der Waals surface area contributed by atoms with Gasteiger partial charge in [-0.05, 0) is 51.0 Å². The van der Waals surface area contributed by atoms with Crippen LogP contribution in [0.4, 0.5) is 5.69 Å². The normalized spacial score (nSPS) is 20.9. The molecule has 2 aliphatic rings. The molecule has 34 heavy (non-hydrogen) atoms. The van der Waals surface area contributed by atoms with Crippen LogP contribution in [-0.4, -0.2) is 52.9 Å². The van der Waals surface area contributed by atoms with E-state index in [1.54, 1.807) is 31.2 Å². The van der Waals surface area contributed by atoms with Crippen LogP contribution in [0.5, 0.6) is 5.75 Å². The number of carbonyl (C=O) groups is 3. The lowest BCUT2D eigenvalue weighted by Crippen LogP contribution is -2.65. The van der Waals surface area contributed by atoms with Crippen LogP contribution >= 0.6 is 0 Å². The van der Waals surface area contributed by atoms with E-state index in [0.29, 0.717) is 18.0 Å². The van der Waals surface area contributed by atoms with Gasteiger partial charge in [-0.2, -0.15) is 5.10 Å². The molecule has 1 aliphatic carbocycles. The largest absolute Gasteiger partial charge is 0.494 e. The van der Waals surface area contributed by atoms with Crippen molar-refractivity contribution in [2.24, 2.45) is 0 Å². The number of methoxy groups -OCH3 is 1. The van der Waals surface area contributed by atoms with E-state index in [1.165, 1.54) is 35.6 Å². The van der Waals surface area contributed by atoms with E-state index >= 15 is 0 Å². The standard InChI is InChI=1S/C25H32N4O5/c1-4-34-19-13-11-18(12-14-19)29-22(30)21-15-20(23(31)33-3)27-28(21)16-25(29,2)24(32)26-17-9-7-5-6-8-10-17/h11-15,17H,4-10,16H2,1-3H3,(H,26,32)/t25-/m0/s1. The molecule has 2 heterocycles. The molecule has 1 N–H and O–H groups in total. The van der Waals surface area contributed by atoms with Gasteiger partial charge < -0.3 is 14.8 Å². The van der Waals surface area contributed by atoms with Crippen molar-refractivity contribution in [3.05, 3.63) is 41.7 Å². The van der Waals surface area contributed by atoms with E-state index in [4.69, 9.17) is 9.47 Å². The van der Waals surface area contributed by atoms with Gasteiger partial charge in [-0.3, -0.25) is 19.2 Å². The van der Waals surface area contributed by atoms with Gasteiger partial charge in [0.05, 0.1) is 20.3 Å². The summed E-state index contributed by atoms with van der Waals surface area (Å²) in [5.41, 5.74) is -0.415. The van der Waals surface area contributed by atoms with Gasteiger partial charge in [-0.25, -0.2) is 4.79 Å². The first kappa shape index (κ1) is 23.8. The number of aromatic nitrogens is 2. The molecule has 0 spiro atoms. The summed E-state index contributed by atoms with van der Waals surface area (Å²) >= 11 is 0. The van der Waals surface area contributed by atoms with E-state index < -0.39 is 17.4 Å². The van der Waals surface area contributed by atoms with Crippen LogP contribution in [0.3, 0.4) is 0 Å². The number of hydrogen-bond donors (Lipinski definition) is 1. The van der Waals surface area contributed by atoms with Crippen molar-refractivity contribution in [1.82, 2.24) is 15.1 Å². The van der Waals surface area contributed by atoms with Crippen LogP contribution in [0.1, 0.15) is 73.3 Å². The molecule has 4 rings (SSSR count). The molecule has 1 atom stereocenters. The summed E-state index contributed by atoms with van der Waals surface area (Å²) in [6.45, 7) is 4.28. The van der Waals surface area contributed by atoms with Gasteiger partial charge in [0.1, 0.15) is 17.0 Å². The molecule has 0 radical (unpaired) electrons. The Hall–Kier alpha value is -3.36. The van der Waals surface area contributed by atoms with Crippen LogP contribution in [-0.2, 0) is 16.1 Å². The third kappa shape index (κ3) is 4.51. The minimum Gasteiger partial charge on any atom is -0.494 e. The van der Waals surface area contributed by atoms with Crippen LogP contribution in [0.25, 0.3) is 0 Å². The molecule has 2 aromatic rings. The first-order chi connectivity index (χ1) is 16.4. The van der Waals surface area contributed by atoms with Gasteiger partial charge in [0.25, 0.3) is 5.91 Å². The Morgan fingerprint density at radius 2 is 1.82 bits per heavy atom. The Bertz CT molecular complexity index is 1060. The minimum atomic E-state index is -1.25. The Balaban J connectivity index is 1.72. The SMILES string of the molecule is CCOc1ccc(N2C(=O)c3cc(C(=O)OC)nn3C[C@@]2(C)C(=O)NC2CCCCCC2)cc1. The van der Waals surface area contributed by atoms with Crippen molar-refractivity contribution in [3.63, 3.8) is 0 Å². The zero-order valence-electron chi connectivity index (χ0n) is 20.0. The fraction of sp³-hybridized carbons (Fsp3) is 0.520. The summed E-state index contributed by atoms with van der Waals surface area (Å²) < 4.78 is 11.7. The molecule has 1 aromatic carbocycles. The molecule has 182 valence electrons. The lowest BCUT2D eigenvalue weighted by Gasteiger charge is -2.43. The Kier molecular flexibility index (Phi) is 6.90. The highest BCUT2D eigenvalue weighted by molar-refractivity contribution is 6.12. The van der Waals surface area contributed by atoms with Gasteiger partial charge in [0.2, 0.25) is 5.91 Å². The summed E-state index contributed by atoms with van der Waals surface area (Å²) in [5.74, 6) is -0.593. The molecule has 0 unspecified atom stereocenters. The molecule has 1 aromatic heterocycles. The number of ether oxygens (including phenoxy) is 2. The molecule has 0 saturated heterocycles. The third-order valence-electron chi connectivity index (χ3n) is 6.63. The maximum Gasteiger partial charge on any atom is 0.358 e. The highest BCUT2D eigenvalue weighted by Crippen LogP contribution is 2.34. The molecule has 9 nitrogen and oxygen atoms in total. The Morgan fingerprint density at radius 1 is 1.15 bits per heavy atom.